The lowest BCUT2D eigenvalue weighted by Gasteiger charge is -2.09. The van der Waals surface area contributed by atoms with E-state index in [1.54, 1.807) is 48.5 Å². The fraction of sp³-hybridized carbons (Fsp3) is 0.0417. The van der Waals surface area contributed by atoms with E-state index in [-0.39, 0.29) is 18.1 Å². The number of para-hydroxylation sites is 1. The van der Waals surface area contributed by atoms with Gasteiger partial charge in [-0.1, -0.05) is 30.3 Å². The van der Waals surface area contributed by atoms with Gasteiger partial charge in [0.25, 0.3) is 11.8 Å². The lowest BCUT2D eigenvalue weighted by Crippen LogP contribution is -2.32. The Balaban J connectivity index is 1.57. The molecule has 35 heavy (non-hydrogen) atoms. The first kappa shape index (κ1) is 23.0. The molecule has 4 rings (SSSR count). The van der Waals surface area contributed by atoms with Crippen LogP contribution in [-0.4, -0.2) is 34.9 Å². The van der Waals surface area contributed by atoms with Crippen LogP contribution in [0.15, 0.2) is 77.5 Å². The molecule has 0 aliphatic carbocycles. The maximum Gasteiger partial charge on any atom is 0.311 e. The van der Waals surface area contributed by atoms with E-state index >= 15 is 0 Å². The number of hydrogen-bond acceptors (Lipinski definition) is 8. The second-order valence-corrected chi connectivity index (χ2v) is 7.16. The van der Waals surface area contributed by atoms with Gasteiger partial charge in [0, 0.05) is 17.2 Å². The number of nitro benzene ring substituents is 1. The first-order valence-corrected chi connectivity index (χ1v) is 10.2. The second kappa shape index (κ2) is 10.2. The number of fused-ring (bicyclic) bond motifs is 1. The van der Waals surface area contributed by atoms with Gasteiger partial charge >= 0.3 is 5.69 Å². The molecule has 11 nitrogen and oxygen atoms in total. The van der Waals surface area contributed by atoms with Crippen molar-refractivity contribution in [3.05, 3.63) is 99.2 Å². The van der Waals surface area contributed by atoms with Crippen LogP contribution >= 0.6 is 0 Å². The lowest BCUT2D eigenvalue weighted by atomic mass is 10.1. The van der Waals surface area contributed by atoms with Crippen molar-refractivity contribution in [1.82, 2.24) is 10.7 Å². The standard InChI is InChI=1S/C24H18N4O7/c29-22-17(7-4-8-19(22)28(32)33)13-25-27-24(31)18(26-23(30)16-5-2-1-3-6-16)11-15-9-10-20-21(12-15)35-14-34-20/h1-13,29H,14H2,(H,26,30)(H,27,31)/b18-11+,25-13-. The molecular weight excluding hydrogens is 456 g/mol. The van der Waals surface area contributed by atoms with Crippen LogP contribution in [0, 0.1) is 10.1 Å². The smallest absolute Gasteiger partial charge is 0.311 e. The highest BCUT2D eigenvalue weighted by atomic mass is 16.7. The van der Waals surface area contributed by atoms with Crippen LogP contribution in [0.25, 0.3) is 6.08 Å². The van der Waals surface area contributed by atoms with Crippen molar-refractivity contribution < 1.29 is 29.1 Å². The van der Waals surface area contributed by atoms with E-state index in [1.807, 2.05) is 0 Å². The summed E-state index contributed by atoms with van der Waals surface area (Å²) in [6.07, 6.45) is 2.48. The average Bonchev–Trinajstić information content (AvgIpc) is 3.33. The molecule has 0 saturated heterocycles. The largest absolute Gasteiger partial charge is 0.502 e. The second-order valence-electron chi connectivity index (χ2n) is 7.16. The van der Waals surface area contributed by atoms with Crippen LogP contribution in [0.2, 0.25) is 0 Å². The van der Waals surface area contributed by atoms with Gasteiger partial charge in [0.1, 0.15) is 5.70 Å². The predicted molar refractivity (Wildman–Crippen MR) is 125 cm³/mol. The van der Waals surface area contributed by atoms with Crippen LogP contribution < -0.4 is 20.2 Å². The summed E-state index contributed by atoms with van der Waals surface area (Å²) in [5.41, 5.74) is 2.53. The zero-order valence-electron chi connectivity index (χ0n) is 18.0. The molecule has 2 amide bonds. The Hall–Kier alpha value is -5.19. The van der Waals surface area contributed by atoms with Gasteiger partial charge in [0.05, 0.1) is 11.1 Å². The zero-order chi connectivity index (χ0) is 24.8. The molecule has 3 N–H and O–H groups in total. The highest BCUT2D eigenvalue weighted by Crippen LogP contribution is 2.33. The number of aromatic hydroxyl groups is 1. The zero-order valence-corrected chi connectivity index (χ0v) is 18.0. The molecule has 0 bridgehead atoms. The fourth-order valence-electron chi connectivity index (χ4n) is 3.13. The number of carbonyl (C=O) groups is 2. The van der Waals surface area contributed by atoms with Gasteiger partial charge in [0.2, 0.25) is 12.5 Å². The third kappa shape index (κ3) is 5.42. The third-order valence-corrected chi connectivity index (χ3v) is 4.85. The van der Waals surface area contributed by atoms with Gasteiger partial charge in [-0.25, -0.2) is 5.43 Å². The summed E-state index contributed by atoms with van der Waals surface area (Å²) in [5, 5.41) is 27.3. The van der Waals surface area contributed by atoms with Gasteiger partial charge in [-0.15, -0.1) is 0 Å². The summed E-state index contributed by atoms with van der Waals surface area (Å²) in [5.74, 6) is -0.833. The normalized spacial score (nSPS) is 12.4. The topological polar surface area (TPSA) is 152 Å². The molecule has 1 heterocycles. The van der Waals surface area contributed by atoms with E-state index in [0.717, 1.165) is 12.3 Å². The Bertz CT molecular complexity index is 1350. The van der Waals surface area contributed by atoms with E-state index in [9.17, 15) is 24.8 Å². The number of hydrazone groups is 1. The van der Waals surface area contributed by atoms with Crippen LogP contribution in [0.1, 0.15) is 21.5 Å². The van der Waals surface area contributed by atoms with Crippen LogP contribution in [-0.2, 0) is 4.79 Å². The number of nitrogens with zero attached hydrogens (tertiary/aromatic N) is 2. The highest BCUT2D eigenvalue weighted by molar-refractivity contribution is 6.05. The highest BCUT2D eigenvalue weighted by Gasteiger charge is 2.18. The van der Waals surface area contributed by atoms with Crippen molar-refractivity contribution in [2.75, 3.05) is 6.79 Å². The molecule has 0 atom stereocenters. The van der Waals surface area contributed by atoms with E-state index in [2.05, 4.69) is 15.8 Å². The number of rotatable bonds is 7. The van der Waals surface area contributed by atoms with Crippen LogP contribution in [0.4, 0.5) is 5.69 Å². The van der Waals surface area contributed by atoms with Crippen molar-refractivity contribution in [2.24, 2.45) is 5.10 Å². The quantitative estimate of drug-likeness (QED) is 0.206. The summed E-state index contributed by atoms with van der Waals surface area (Å²) in [4.78, 5) is 35.8. The molecule has 3 aromatic rings. The number of nitro groups is 1. The number of phenols is 1. The summed E-state index contributed by atoms with van der Waals surface area (Å²) in [7, 11) is 0. The fourth-order valence-corrected chi connectivity index (χ4v) is 3.13. The molecule has 3 aromatic carbocycles. The molecule has 0 fully saturated rings. The van der Waals surface area contributed by atoms with Crippen molar-refractivity contribution in [3.63, 3.8) is 0 Å². The van der Waals surface area contributed by atoms with E-state index < -0.39 is 28.2 Å². The van der Waals surface area contributed by atoms with Crippen LogP contribution in [0.3, 0.4) is 0 Å². The third-order valence-electron chi connectivity index (χ3n) is 4.85. The minimum absolute atomic E-state index is 0.0223. The summed E-state index contributed by atoms with van der Waals surface area (Å²) >= 11 is 0. The molecule has 176 valence electrons. The minimum atomic E-state index is -0.770. The van der Waals surface area contributed by atoms with Crippen molar-refractivity contribution in [2.45, 2.75) is 0 Å². The maximum atomic E-state index is 12.9. The van der Waals surface area contributed by atoms with E-state index in [0.29, 0.717) is 22.6 Å². The molecular formula is C24H18N4O7. The van der Waals surface area contributed by atoms with Crippen molar-refractivity contribution in [3.8, 4) is 17.2 Å². The first-order chi connectivity index (χ1) is 16.9. The Labute approximate surface area is 198 Å². The Morgan fingerprint density at radius 1 is 1.03 bits per heavy atom. The molecule has 0 spiro atoms. The van der Waals surface area contributed by atoms with E-state index in [1.165, 1.54) is 18.2 Å². The Morgan fingerprint density at radius 3 is 2.57 bits per heavy atom. The van der Waals surface area contributed by atoms with Gasteiger partial charge < -0.3 is 19.9 Å². The molecule has 0 radical (unpaired) electrons. The summed E-state index contributed by atoms with van der Waals surface area (Å²) < 4.78 is 10.6. The lowest BCUT2D eigenvalue weighted by molar-refractivity contribution is -0.385. The maximum absolute atomic E-state index is 12.9. The number of amides is 2. The first-order valence-electron chi connectivity index (χ1n) is 10.2. The minimum Gasteiger partial charge on any atom is -0.502 e. The molecule has 0 aromatic heterocycles. The average molecular weight is 474 g/mol. The SMILES string of the molecule is O=C(N/N=C\c1cccc([N+](=O)[O-])c1O)/C(=C\c1ccc2c(c1)OCO2)NC(=O)c1ccccc1. The van der Waals surface area contributed by atoms with Crippen molar-refractivity contribution in [1.29, 1.82) is 0 Å². The van der Waals surface area contributed by atoms with Crippen LogP contribution in [0.5, 0.6) is 17.2 Å². The summed E-state index contributed by atoms with van der Waals surface area (Å²) in [6, 6.07) is 17.2. The molecule has 1 aliphatic rings. The predicted octanol–water partition coefficient (Wildman–Crippen LogP) is 2.95. The molecule has 0 saturated carbocycles. The Morgan fingerprint density at radius 2 is 1.80 bits per heavy atom. The molecule has 1 aliphatic heterocycles. The van der Waals surface area contributed by atoms with Gasteiger partial charge in [-0.2, -0.15) is 5.10 Å². The monoisotopic (exact) mass is 474 g/mol. The van der Waals surface area contributed by atoms with Crippen molar-refractivity contribution >= 4 is 29.8 Å². The Kier molecular flexibility index (Phi) is 6.68. The van der Waals surface area contributed by atoms with Gasteiger partial charge in [0.15, 0.2) is 11.5 Å². The molecule has 11 heteroatoms. The number of benzene rings is 3. The number of hydrogen-bond donors (Lipinski definition) is 3. The van der Waals surface area contributed by atoms with E-state index in [4.69, 9.17) is 9.47 Å². The number of phenolic OH excluding ortho intramolecular Hbond substituents is 1. The number of nitrogens with one attached hydrogen (secondary N) is 2. The van der Waals surface area contributed by atoms with Gasteiger partial charge in [-0.3, -0.25) is 19.7 Å². The number of ether oxygens (including phenoxy) is 2. The van der Waals surface area contributed by atoms with Gasteiger partial charge in [-0.05, 0) is 42.0 Å². The summed E-state index contributed by atoms with van der Waals surface area (Å²) in [6.45, 7) is 0.0831. The number of carbonyl (C=O) groups excluding carboxylic acids is 2. The molecule has 0 unspecified atom stereocenters.